The highest BCUT2D eigenvalue weighted by atomic mass is 32.2. The Kier molecular flexibility index (Phi) is 6.85. The monoisotopic (exact) mass is 427 g/mol. The molecule has 0 aromatic heterocycles. The summed E-state index contributed by atoms with van der Waals surface area (Å²) in [6, 6.07) is 18.1. The highest BCUT2D eigenvalue weighted by molar-refractivity contribution is 8.00. The summed E-state index contributed by atoms with van der Waals surface area (Å²) in [5.41, 5.74) is 2.50. The van der Waals surface area contributed by atoms with Gasteiger partial charge in [0.25, 0.3) is 0 Å². The summed E-state index contributed by atoms with van der Waals surface area (Å²) in [5, 5.41) is 3.58. The normalized spacial score (nSPS) is 19.8. The molecule has 2 aromatic rings. The van der Waals surface area contributed by atoms with Gasteiger partial charge in [-0.15, -0.1) is 0 Å². The van der Waals surface area contributed by atoms with Crippen LogP contribution in [0.2, 0.25) is 0 Å². The fourth-order valence-electron chi connectivity index (χ4n) is 3.35. The second kappa shape index (κ2) is 9.18. The number of nitrogens with zero attached hydrogens (tertiary/aromatic N) is 2. The first kappa shape index (κ1) is 21.7. The van der Waals surface area contributed by atoms with Gasteiger partial charge in [0.1, 0.15) is 10.5 Å². The summed E-state index contributed by atoms with van der Waals surface area (Å²) in [5.74, 6) is 1.05. The molecule has 1 aliphatic heterocycles. The molecule has 3 rings (SSSR count). The zero-order valence-electron chi connectivity index (χ0n) is 17.5. The van der Waals surface area contributed by atoms with Gasteiger partial charge < -0.3 is 10.2 Å². The van der Waals surface area contributed by atoms with Gasteiger partial charge in [0.05, 0.1) is 16.6 Å². The fourth-order valence-corrected chi connectivity index (χ4v) is 4.84. The molecular formula is C23H29N3OS2. The Morgan fingerprint density at radius 1 is 1.14 bits per heavy atom. The van der Waals surface area contributed by atoms with Crippen LogP contribution in [0.15, 0.2) is 59.6 Å². The van der Waals surface area contributed by atoms with E-state index in [4.69, 9.17) is 17.2 Å². The number of para-hydroxylation sites is 1. The summed E-state index contributed by atoms with van der Waals surface area (Å²) < 4.78 is 13.2. The van der Waals surface area contributed by atoms with E-state index >= 15 is 0 Å². The summed E-state index contributed by atoms with van der Waals surface area (Å²) in [4.78, 5) is 7.59. The number of thiocarbonyl (C=S) groups is 1. The van der Waals surface area contributed by atoms with Gasteiger partial charge in [-0.1, -0.05) is 74.6 Å². The fraction of sp³-hybridized carbons (Fsp3) is 0.391. The number of anilines is 1. The maximum Gasteiger partial charge on any atom is 0.194 e. The molecule has 0 aliphatic carbocycles. The SMILES string of the molecule is CC(C)CCN(C)c1ccccc1CS(=O)C1=NC(C)(c2ccccc2)C(=S)N1. The minimum Gasteiger partial charge on any atom is -0.374 e. The van der Waals surface area contributed by atoms with Crippen LogP contribution in [-0.4, -0.2) is 28.0 Å². The number of benzene rings is 2. The van der Waals surface area contributed by atoms with E-state index in [1.165, 1.54) is 0 Å². The van der Waals surface area contributed by atoms with Gasteiger partial charge in [-0.25, -0.2) is 4.99 Å². The number of amidine groups is 1. The first-order valence-electron chi connectivity index (χ1n) is 9.95. The lowest BCUT2D eigenvalue weighted by atomic mass is 9.93. The molecule has 6 heteroatoms. The van der Waals surface area contributed by atoms with Crippen LogP contribution < -0.4 is 10.2 Å². The summed E-state index contributed by atoms with van der Waals surface area (Å²) >= 11 is 5.55. The van der Waals surface area contributed by atoms with Crippen LogP contribution in [-0.2, 0) is 22.1 Å². The molecule has 2 aromatic carbocycles. The first-order chi connectivity index (χ1) is 13.8. The van der Waals surface area contributed by atoms with Gasteiger partial charge in [0.2, 0.25) is 0 Å². The minimum absolute atomic E-state index is 0.404. The second-order valence-electron chi connectivity index (χ2n) is 8.03. The minimum atomic E-state index is -1.30. The van der Waals surface area contributed by atoms with Crippen molar-refractivity contribution in [3.8, 4) is 0 Å². The summed E-state index contributed by atoms with van der Waals surface area (Å²) in [6.07, 6.45) is 1.12. The quantitative estimate of drug-likeness (QED) is 0.655. The Hall–Kier alpha value is -2.05. The van der Waals surface area contributed by atoms with E-state index in [0.717, 1.165) is 29.8 Å². The van der Waals surface area contributed by atoms with Crippen molar-refractivity contribution in [3.63, 3.8) is 0 Å². The molecule has 0 amide bonds. The van der Waals surface area contributed by atoms with Gasteiger partial charge in [-0.05, 0) is 36.5 Å². The third kappa shape index (κ3) is 4.93. The van der Waals surface area contributed by atoms with Crippen molar-refractivity contribution in [2.45, 2.75) is 38.5 Å². The molecule has 0 saturated carbocycles. The Morgan fingerprint density at radius 3 is 2.48 bits per heavy atom. The van der Waals surface area contributed by atoms with Crippen LogP contribution in [0.4, 0.5) is 5.69 Å². The third-order valence-electron chi connectivity index (χ3n) is 5.27. The smallest absolute Gasteiger partial charge is 0.194 e. The number of rotatable bonds is 7. The molecule has 1 N–H and O–H groups in total. The maximum absolute atomic E-state index is 13.2. The molecule has 154 valence electrons. The van der Waals surface area contributed by atoms with Crippen LogP contribution in [0, 0.1) is 5.92 Å². The largest absolute Gasteiger partial charge is 0.374 e. The van der Waals surface area contributed by atoms with Crippen LogP contribution in [0.3, 0.4) is 0 Å². The van der Waals surface area contributed by atoms with E-state index in [1.807, 2.05) is 55.5 Å². The molecule has 0 bridgehead atoms. The molecule has 0 fully saturated rings. The molecule has 0 radical (unpaired) electrons. The maximum atomic E-state index is 13.2. The Bertz CT molecular complexity index is 927. The van der Waals surface area contributed by atoms with E-state index in [-0.39, 0.29) is 0 Å². The van der Waals surface area contributed by atoms with Gasteiger partial charge in [0.15, 0.2) is 5.17 Å². The Morgan fingerprint density at radius 2 is 1.79 bits per heavy atom. The Labute approximate surface area is 181 Å². The molecule has 1 heterocycles. The van der Waals surface area contributed by atoms with Crippen molar-refractivity contribution in [3.05, 3.63) is 65.7 Å². The lowest BCUT2D eigenvalue weighted by Crippen LogP contribution is -2.34. The number of aliphatic imine (C=N–C) groups is 1. The van der Waals surface area contributed by atoms with Crippen molar-refractivity contribution in [1.29, 1.82) is 0 Å². The highest BCUT2D eigenvalue weighted by Crippen LogP contribution is 2.31. The zero-order valence-corrected chi connectivity index (χ0v) is 19.1. The standard InChI is InChI=1S/C23H29N3OS2/c1-17(2)14-15-26(4)20-13-9-8-10-18(20)16-29(27)22-24-21(28)23(3,25-22)19-11-6-5-7-12-19/h5-13,17H,14-16H2,1-4H3,(H,24,25,28). The van der Waals surface area contributed by atoms with Crippen LogP contribution in [0.1, 0.15) is 38.3 Å². The molecular weight excluding hydrogens is 398 g/mol. The Balaban J connectivity index is 1.79. The molecule has 4 nitrogen and oxygen atoms in total. The second-order valence-corrected chi connectivity index (χ2v) is 9.81. The van der Waals surface area contributed by atoms with Crippen molar-refractivity contribution in [2.24, 2.45) is 10.9 Å². The van der Waals surface area contributed by atoms with E-state index in [2.05, 4.69) is 37.2 Å². The van der Waals surface area contributed by atoms with Gasteiger partial charge in [-0.3, -0.25) is 4.21 Å². The topological polar surface area (TPSA) is 44.7 Å². The van der Waals surface area contributed by atoms with Gasteiger partial charge in [0, 0.05) is 19.3 Å². The van der Waals surface area contributed by atoms with Crippen LogP contribution in [0.5, 0.6) is 0 Å². The average Bonchev–Trinajstić information content (AvgIpc) is 3.03. The molecule has 29 heavy (non-hydrogen) atoms. The predicted octanol–water partition coefficient (Wildman–Crippen LogP) is 4.62. The average molecular weight is 428 g/mol. The van der Waals surface area contributed by atoms with E-state index in [0.29, 0.717) is 21.8 Å². The summed E-state index contributed by atoms with van der Waals surface area (Å²) in [6.45, 7) is 7.39. The number of hydrogen-bond donors (Lipinski definition) is 1. The number of nitrogens with one attached hydrogen (secondary N) is 1. The van der Waals surface area contributed by atoms with Crippen molar-refractivity contribution >= 4 is 38.9 Å². The van der Waals surface area contributed by atoms with Gasteiger partial charge in [-0.2, -0.15) is 0 Å². The number of hydrogen-bond acceptors (Lipinski definition) is 4. The molecule has 0 saturated heterocycles. The third-order valence-corrected chi connectivity index (χ3v) is 6.97. The van der Waals surface area contributed by atoms with E-state index in [9.17, 15) is 4.21 Å². The lowest BCUT2D eigenvalue weighted by molar-refractivity contribution is 0.585. The van der Waals surface area contributed by atoms with Crippen LogP contribution >= 0.6 is 12.2 Å². The van der Waals surface area contributed by atoms with Crippen molar-refractivity contribution < 1.29 is 4.21 Å². The molecule has 2 unspecified atom stereocenters. The molecule has 1 aliphatic rings. The van der Waals surface area contributed by atoms with Crippen LogP contribution in [0.25, 0.3) is 0 Å². The summed E-state index contributed by atoms with van der Waals surface area (Å²) in [7, 11) is 0.792. The predicted molar refractivity (Wildman–Crippen MR) is 128 cm³/mol. The first-order valence-corrected chi connectivity index (χ1v) is 11.7. The van der Waals surface area contributed by atoms with E-state index < -0.39 is 16.3 Å². The van der Waals surface area contributed by atoms with Gasteiger partial charge >= 0.3 is 0 Å². The molecule has 0 spiro atoms. The van der Waals surface area contributed by atoms with E-state index in [1.54, 1.807) is 0 Å². The van der Waals surface area contributed by atoms with Crippen molar-refractivity contribution in [2.75, 3.05) is 18.5 Å². The lowest BCUT2D eigenvalue weighted by Gasteiger charge is -2.23. The zero-order chi connectivity index (χ0) is 21.0. The molecule has 2 atom stereocenters. The highest BCUT2D eigenvalue weighted by Gasteiger charge is 2.38. The van der Waals surface area contributed by atoms with Crippen molar-refractivity contribution in [1.82, 2.24) is 5.32 Å².